The molecule has 0 saturated heterocycles. The Morgan fingerprint density at radius 2 is 2.00 bits per heavy atom. The number of Topliss-reactive ketones (excluding diaryl/α,β-unsaturated/α-hetero) is 1. The number of ether oxygens (including phenoxy) is 1. The smallest absolute Gasteiger partial charge is 0.262 e. The summed E-state index contributed by atoms with van der Waals surface area (Å²) in [5, 5.41) is 2.83. The monoisotopic (exact) mass is 259 g/mol. The molecule has 3 rings (SSSR count). The van der Waals surface area contributed by atoms with Gasteiger partial charge >= 0.3 is 0 Å². The van der Waals surface area contributed by atoms with E-state index in [9.17, 15) is 9.59 Å². The number of benzene rings is 1. The van der Waals surface area contributed by atoms with Gasteiger partial charge in [-0.2, -0.15) is 0 Å². The highest BCUT2D eigenvalue weighted by molar-refractivity contribution is 5.95. The van der Waals surface area contributed by atoms with Crippen molar-refractivity contribution in [2.45, 2.75) is 32.1 Å². The van der Waals surface area contributed by atoms with Crippen LogP contribution in [0.4, 0.5) is 5.69 Å². The molecule has 0 unspecified atom stereocenters. The van der Waals surface area contributed by atoms with E-state index in [1.165, 1.54) is 5.56 Å². The minimum absolute atomic E-state index is 0.0943. The Bertz CT molecular complexity index is 514. The van der Waals surface area contributed by atoms with Crippen molar-refractivity contribution in [2.75, 3.05) is 11.9 Å². The van der Waals surface area contributed by atoms with Crippen molar-refractivity contribution in [2.24, 2.45) is 5.92 Å². The van der Waals surface area contributed by atoms with Gasteiger partial charge in [-0.25, -0.2) is 0 Å². The Kier molecular flexibility index (Phi) is 3.23. The van der Waals surface area contributed by atoms with E-state index in [1.54, 1.807) is 0 Å². The first-order chi connectivity index (χ1) is 9.20. The van der Waals surface area contributed by atoms with Crippen LogP contribution in [-0.2, 0) is 16.0 Å². The van der Waals surface area contributed by atoms with Crippen LogP contribution in [0.5, 0.6) is 5.75 Å². The highest BCUT2D eigenvalue weighted by atomic mass is 16.5. The normalized spacial score (nSPS) is 19.6. The number of carbonyl (C=O) groups excluding carboxylic acids is 2. The van der Waals surface area contributed by atoms with Crippen molar-refractivity contribution in [3.63, 3.8) is 0 Å². The fraction of sp³-hybridized carbons (Fsp3) is 0.467. The number of ketones is 1. The second-order valence-electron chi connectivity index (χ2n) is 5.35. The molecule has 19 heavy (non-hydrogen) atoms. The minimum atomic E-state index is -0.104. The highest BCUT2D eigenvalue weighted by Crippen LogP contribution is 2.31. The van der Waals surface area contributed by atoms with E-state index in [0.29, 0.717) is 11.7 Å². The molecule has 1 aliphatic carbocycles. The lowest BCUT2D eigenvalue weighted by molar-refractivity contribution is -0.121. The van der Waals surface area contributed by atoms with E-state index in [4.69, 9.17) is 4.74 Å². The summed E-state index contributed by atoms with van der Waals surface area (Å²) in [5.41, 5.74) is 1.96. The van der Waals surface area contributed by atoms with Crippen molar-refractivity contribution in [1.82, 2.24) is 0 Å². The molecule has 1 aliphatic heterocycles. The molecule has 1 N–H and O–H groups in total. The van der Waals surface area contributed by atoms with Crippen molar-refractivity contribution in [3.05, 3.63) is 23.8 Å². The fourth-order valence-corrected chi connectivity index (χ4v) is 2.79. The first kappa shape index (κ1) is 12.2. The maximum Gasteiger partial charge on any atom is 0.262 e. The number of fused-ring (bicyclic) bond motifs is 1. The molecular formula is C15H17NO3. The largest absolute Gasteiger partial charge is 0.482 e. The third-order valence-electron chi connectivity index (χ3n) is 3.86. The third-order valence-corrected chi connectivity index (χ3v) is 3.86. The minimum Gasteiger partial charge on any atom is -0.482 e. The summed E-state index contributed by atoms with van der Waals surface area (Å²) in [6, 6.07) is 5.95. The van der Waals surface area contributed by atoms with Gasteiger partial charge in [0.25, 0.3) is 5.91 Å². The van der Waals surface area contributed by atoms with Crippen molar-refractivity contribution < 1.29 is 14.3 Å². The molecule has 2 aliphatic rings. The van der Waals surface area contributed by atoms with Crippen LogP contribution >= 0.6 is 0 Å². The summed E-state index contributed by atoms with van der Waals surface area (Å²) < 4.78 is 5.34. The molecule has 0 radical (unpaired) electrons. The van der Waals surface area contributed by atoms with Crippen molar-refractivity contribution in [1.29, 1.82) is 0 Å². The second kappa shape index (κ2) is 5.03. The topological polar surface area (TPSA) is 55.4 Å². The maximum atomic E-state index is 11.3. The molecule has 0 atom stereocenters. The SMILES string of the molecule is O=C1CCC(Cc2ccc3c(c2)NC(=O)CO3)CC1. The molecular weight excluding hydrogens is 242 g/mol. The number of hydrogen-bond acceptors (Lipinski definition) is 3. The van der Waals surface area contributed by atoms with Gasteiger partial charge in [-0.15, -0.1) is 0 Å². The van der Waals surface area contributed by atoms with Crippen LogP contribution < -0.4 is 10.1 Å². The molecule has 4 heteroatoms. The fourth-order valence-electron chi connectivity index (χ4n) is 2.79. The van der Waals surface area contributed by atoms with Gasteiger partial charge in [0.2, 0.25) is 0 Å². The van der Waals surface area contributed by atoms with Gasteiger partial charge in [0.05, 0.1) is 5.69 Å². The number of nitrogens with one attached hydrogen (secondary N) is 1. The van der Waals surface area contributed by atoms with E-state index < -0.39 is 0 Å². The van der Waals surface area contributed by atoms with Crippen LogP contribution in [0.3, 0.4) is 0 Å². The van der Waals surface area contributed by atoms with Crippen molar-refractivity contribution >= 4 is 17.4 Å². The van der Waals surface area contributed by atoms with Gasteiger partial charge in [-0.1, -0.05) is 6.07 Å². The second-order valence-corrected chi connectivity index (χ2v) is 5.35. The van der Waals surface area contributed by atoms with Gasteiger partial charge in [0, 0.05) is 12.8 Å². The Labute approximate surface area is 112 Å². The summed E-state index contributed by atoms with van der Waals surface area (Å²) in [5.74, 6) is 1.60. The molecule has 1 heterocycles. The molecule has 0 bridgehead atoms. The first-order valence-corrected chi connectivity index (χ1v) is 6.78. The molecule has 1 fully saturated rings. The molecule has 1 saturated carbocycles. The predicted molar refractivity (Wildman–Crippen MR) is 71.2 cm³/mol. The van der Waals surface area contributed by atoms with E-state index in [-0.39, 0.29) is 12.5 Å². The van der Waals surface area contributed by atoms with Gasteiger partial charge in [0.15, 0.2) is 6.61 Å². The predicted octanol–water partition coefficient (Wildman–Crippen LogP) is 2.32. The van der Waals surface area contributed by atoms with Crippen LogP contribution in [0.15, 0.2) is 18.2 Å². The van der Waals surface area contributed by atoms with Crippen LogP contribution in [0.25, 0.3) is 0 Å². The van der Waals surface area contributed by atoms with Crippen LogP contribution in [0.1, 0.15) is 31.2 Å². The van der Waals surface area contributed by atoms with Crippen molar-refractivity contribution in [3.8, 4) is 5.75 Å². The molecule has 1 amide bonds. The molecule has 0 aromatic heterocycles. The van der Waals surface area contributed by atoms with Gasteiger partial charge < -0.3 is 10.1 Å². The van der Waals surface area contributed by atoms with Crippen LogP contribution in [0.2, 0.25) is 0 Å². The third kappa shape index (κ3) is 2.78. The Balaban J connectivity index is 1.70. The average Bonchev–Trinajstić information content (AvgIpc) is 2.41. The number of rotatable bonds is 2. The summed E-state index contributed by atoms with van der Waals surface area (Å²) >= 11 is 0. The Hall–Kier alpha value is -1.84. The average molecular weight is 259 g/mol. The van der Waals surface area contributed by atoms with E-state index >= 15 is 0 Å². The van der Waals surface area contributed by atoms with E-state index in [0.717, 1.165) is 43.5 Å². The number of carbonyl (C=O) groups is 2. The lowest BCUT2D eigenvalue weighted by Gasteiger charge is -2.22. The zero-order valence-electron chi connectivity index (χ0n) is 10.8. The quantitative estimate of drug-likeness (QED) is 0.886. The summed E-state index contributed by atoms with van der Waals surface area (Å²) in [6.45, 7) is 0.0943. The molecule has 1 aromatic rings. The summed E-state index contributed by atoms with van der Waals surface area (Å²) in [4.78, 5) is 22.5. The van der Waals surface area contributed by atoms with E-state index in [1.807, 2.05) is 18.2 Å². The highest BCUT2D eigenvalue weighted by Gasteiger charge is 2.20. The van der Waals surface area contributed by atoms with Gasteiger partial charge in [0.1, 0.15) is 11.5 Å². The summed E-state index contributed by atoms with van der Waals surface area (Å²) in [6.07, 6.45) is 4.37. The molecule has 100 valence electrons. The van der Waals surface area contributed by atoms with Crippen LogP contribution in [-0.4, -0.2) is 18.3 Å². The number of amides is 1. The van der Waals surface area contributed by atoms with Crippen LogP contribution in [0, 0.1) is 5.92 Å². The molecule has 0 spiro atoms. The Morgan fingerprint density at radius 3 is 2.79 bits per heavy atom. The van der Waals surface area contributed by atoms with Gasteiger partial charge in [-0.3, -0.25) is 9.59 Å². The summed E-state index contributed by atoms with van der Waals surface area (Å²) in [7, 11) is 0. The Morgan fingerprint density at radius 1 is 1.21 bits per heavy atom. The molecule has 1 aromatic carbocycles. The zero-order valence-corrected chi connectivity index (χ0v) is 10.8. The standard InChI is InChI=1S/C15H17NO3/c17-12-4-1-10(2-5-12)7-11-3-6-14-13(8-11)16-15(18)9-19-14/h3,6,8,10H,1-2,4-5,7,9H2,(H,16,18). The lowest BCUT2D eigenvalue weighted by atomic mass is 9.84. The number of anilines is 1. The lowest BCUT2D eigenvalue weighted by Crippen LogP contribution is -2.25. The molecule has 4 nitrogen and oxygen atoms in total. The van der Waals surface area contributed by atoms with E-state index in [2.05, 4.69) is 5.32 Å². The first-order valence-electron chi connectivity index (χ1n) is 6.78. The maximum absolute atomic E-state index is 11.3. The zero-order chi connectivity index (χ0) is 13.2. The number of hydrogen-bond donors (Lipinski definition) is 1. The van der Waals surface area contributed by atoms with Gasteiger partial charge in [-0.05, 0) is 42.9 Å².